The zero-order valence-electron chi connectivity index (χ0n) is 21.5. The van der Waals surface area contributed by atoms with Crippen LogP contribution in [-0.2, 0) is 4.79 Å². The van der Waals surface area contributed by atoms with E-state index in [2.05, 4.69) is 32.9 Å². The fraction of sp³-hybridized carbons (Fsp3) is 0.519. The molecule has 0 aliphatic carbocycles. The smallest absolute Gasteiger partial charge is 0.303 e. The summed E-state index contributed by atoms with van der Waals surface area (Å²) in [6.45, 7) is 6.63. The number of rotatable bonds is 7. The average molecular weight is 540 g/mol. The van der Waals surface area contributed by atoms with E-state index in [1.807, 2.05) is 0 Å². The molecule has 2 aliphatic rings. The SMILES string of the molecule is CC1CN(c2cnc3c(C#N)nn(C(C)c4ccc(Cl)cc4F)c3n2)CCC1N1CCCC1CCC(=O)O. The molecule has 38 heavy (non-hydrogen) atoms. The van der Waals surface area contributed by atoms with Crippen LogP contribution in [-0.4, -0.2) is 67.4 Å². The third-order valence-corrected chi connectivity index (χ3v) is 8.23. The first-order chi connectivity index (χ1) is 18.3. The number of aromatic nitrogens is 4. The first-order valence-corrected chi connectivity index (χ1v) is 13.5. The number of hydrogen-bond donors (Lipinski definition) is 1. The van der Waals surface area contributed by atoms with Crippen molar-refractivity contribution in [1.29, 1.82) is 5.26 Å². The van der Waals surface area contributed by atoms with Gasteiger partial charge in [0, 0.05) is 42.2 Å². The highest BCUT2D eigenvalue weighted by Crippen LogP contribution is 2.33. The van der Waals surface area contributed by atoms with Crippen molar-refractivity contribution in [2.75, 3.05) is 24.5 Å². The molecule has 2 fully saturated rings. The van der Waals surface area contributed by atoms with Crippen LogP contribution in [0.1, 0.15) is 63.3 Å². The first kappa shape index (κ1) is 26.3. The molecule has 1 N–H and O–H groups in total. The minimum atomic E-state index is -0.736. The van der Waals surface area contributed by atoms with Crippen molar-refractivity contribution in [2.24, 2.45) is 5.92 Å². The molecular weight excluding hydrogens is 509 g/mol. The van der Waals surface area contributed by atoms with Gasteiger partial charge in [0.2, 0.25) is 0 Å². The predicted octanol–water partition coefficient (Wildman–Crippen LogP) is 4.64. The van der Waals surface area contributed by atoms with Crippen molar-refractivity contribution < 1.29 is 14.3 Å². The minimum Gasteiger partial charge on any atom is -0.481 e. The van der Waals surface area contributed by atoms with Gasteiger partial charge >= 0.3 is 5.97 Å². The van der Waals surface area contributed by atoms with E-state index in [9.17, 15) is 14.4 Å². The lowest BCUT2D eigenvalue weighted by Gasteiger charge is -2.43. The quantitative estimate of drug-likeness (QED) is 0.462. The second-order valence-electron chi connectivity index (χ2n) is 10.4. The maximum absolute atomic E-state index is 14.7. The van der Waals surface area contributed by atoms with E-state index in [4.69, 9.17) is 21.7 Å². The van der Waals surface area contributed by atoms with Gasteiger partial charge < -0.3 is 10.0 Å². The molecule has 0 radical (unpaired) electrons. The van der Waals surface area contributed by atoms with Crippen molar-refractivity contribution in [1.82, 2.24) is 24.6 Å². The van der Waals surface area contributed by atoms with Crippen LogP contribution in [0.5, 0.6) is 0 Å². The standard InChI is InChI=1S/C27H31ClFN7O2/c1-16-15-34(11-9-23(16)35-10-3-4-19(35)6-8-25(37)38)24-14-31-26-22(13-30)33-36(27(26)32-24)17(2)20-7-5-18(28)12-21(20)29/h5,7,12,14,16-17,19,23H,3-4,6,8-11,15H2,1-2H3,(H,37,38). The number of fused-ring (bicyclic) bond motifs is 1. The molecule has 5 rings (SSSR count). The van der Waals surface area contributed by atoms with Gasteiger partial charge in [-0.05, 0) is 57.2 Å². The number of carboxylic acids is 1. The number of anilines is 1. The largest absolute Gasteiger partial charge is 0.481 e. The van der Waals surface area contributed by atoms with Crippen LogP contribution < -0.4 is 4.90 Å². The van der Waals surface area contributed by atoms with E-state index in [0.717, 1.165) is 38.9 Å². The number of benzene rings is 1. The number of nitriles is 1. The highest BCUT2D eigenvalue weighted by atomic mass is 35.5. The van der Waals surface area contributed by atoms with Crippen LogP contribution in [0.3, 0.4) is 0 Å². The zero-order chi connectivity index (χ0) is 27.0. The molecule has 0 saturated carbocycles. The second-order valence-corrected chi connectivity index (χ2v) is 10.8. The highest BCUT2D eigenvalue weighted by molar-refractivity contribution is 6.30. The van der Waals surface area contributed by atoms with Crippen LogP contribution in [0.2, 0.25) is 5.02 Å². The fourth-order valence-corrected chi connectivity index (χ4v) is 6.26. The number of halogens is 2. The second kappa shape index (κ2) is 10.8. The van der Waals surface area contributed by atoms with Gasteiger partial charge in [-0.15, -0.1) is 0 Å². The summed E-state index contributed by atoms with van der Waals surface area (Å²) in [7, 11) is 0. The molecular formula is C27H31ClFN7O2. The Hall–Kier alpha value is -3.29. The molecule has 0 amide bonds. The summed E-state index contributed by atoms with van der Waals surface area (Å²) in [4.78, 5) is 25.2. The summed E-state index contributed by atoms with van der Waals surface area (Å²) in [5.41, 5.74) is 1.37. The van der Waals surface area contributed by atoms with Gasteiger partial charge in [-0.2, -0.15) is 10.4 Å². The Balaban J connectivity index is 1.38. The van der Waals surface area contributed by atoms with Crippen LogP contribution >= 0.6 is 11.6 Å². The lowest BCUT2D eigenvalue weighted by molar-refractivity contribution is -0.137. The van der Waals surface area contributed by atoms with Gasteiger partial charge in [0.15, 0.2) is 11.3 Å². The number of aliphatic carboxylic acids is 1. The van der Waals surface area contributed by atoms with Gasteiger partial charge in [-0.1, -0.05) is 24.6 Å². The van der Waals surface area contributed by atoms with Crippen molar-refractivity contribution in [3.8, 4) is 6.07 Å². The highest BCUT2D eigenvalue weighted by Gasteiger charge is 2.37. The van der Waals surface area contributed by atoms with Gasteiger partial charge in [-0.3, -0.25) is 9.69 Å². The number of piperidine rings is 1. The lowest BCUT2D eigenvalue weighted by atomic mass is 9.91. The summed E-state index contributed by atoms with van der Waals surface area (Å²) in [6.07, 6.45) is 5.69. The summed E-state index contributed by atoms with van der Waals surface area (Å²) < 4.78 is 16.3. The first-order valence-electron chi connectivity index (χ1n) is 13.1. The number of nitrogens with zero attached hydrogens (tertiary/aromatic N) is 7. The van der Waals surface area contributed by atoms with Gasteiger partial charge in [0.1, 0.15) is 23.2 Å². The molecule has 200 valence electrons. The van der Waals surface area contributed by atoms with E-state index in [0.29, 0.717) is 52.0 Å². The van der Waals surface area contributed by atoms with E-state index < -0.39 is 17.8 Å². The molecule has 9 nitrogen and oxygen atoms in total. The molecule has 3 aromatic rings. The minimum absolute atomic E-state index is 0.147. The van der Waals surface area contributed by atoms with Gasteiger partial charge in [0.05, 0.1) is 12.2 Å². The summed E-state index contributed by atoms with van der Waals surface area (Å²) in [5, 5.41) is 23.5. The molecule has 4 atom stereocenters. The maximum atomic E-state index is 14.7. The Morgan fingerprint density at radius 3 is 2.87 bits per heavy atom. The topological polar surface area (TPSA) is 111 Å². The predicted molar refractivity (Wildman–Crippen MR) is 142 cm³/mol. The summed E-state index contributed by atoms with van der Waals surface area (Å²) in [5.74, 6) is -0.134. The average Bonchev–Trinajstić information content (AvgIpc) is 3.51. The van der Waals surface area contributed by atoms with E-state index >= 15 is 0 Å². The molecule has 2 saturated heterocycles. The van der Waals surface area contributed by atoms with Crippen LogP contribution in [0.25, 0.3) is 11.2 Å². The molecule has 0 spiro atoms. The molecule has 1 aromatic carbocycles. The van der Waals surface area contributed by atoms with Crippen LogP contribution in [0, 0.1) is 23.1 Å². The number of carbonyl (C=O) groups is 1. The Morgan fingerprint density at radius 2 is 2.16 bits per heavy atom. The molecule has 4 unspecified atom stereocenters. The molecule has 4 heterocycles. The third-order valence-electron chi connectivity index (χ3n) is 8.00. The lowest BCUT2D eigenvalue weighted by Crippen LogP contribution is -2.52. The summed E-state index contributed by atoms with van der Waals surface area (Å²) >= 11 is 5.94. The van der Waals surface area contributed by atoms with E-state index in [1.165, 1.54) is 6.07 Å². The maximum Gasteiger partial charge on any atom is 0.303 e. The van der Waals surface area contributed by atoms with E-state index in [1.54, 1.807) is 29.9 Å². The van der Waals surface area contributed by atoms with Crippen molar-refractivity contribution in [2.45, 2.75) is 64.1 Å². The van der Waals surface area contributed by atoms with Gasteiger partial charge in [0.25, 0.3) is 0 Å². The zero-order valence-corrected chi connectivity index (χ0v) is 22.3. The normalized spacial score (nSPS) is 23.0. The molecule has 0 bridgehead atoms. The Labute approximate surface area is 225 Å². The fourth-order valence-electron chi connectivity index (χ4n) is 6.10. The Morgan fingerprint density at radius 1 is 1.34 bits per heavy atom. The third kappa shape index (κ3) is 5.05. The van der Waals surface area contributed by atoms with Crippen LogP contribution in [0.15, 0.2) is 24.4 Å². The van der Waals surface area contributed by atoms with Crippen molar-refractivity contribution in [3.63, 3.8) is 0 Å². The Bertz CT molecular complexity index is 1390. The van der Waals surface area contributed by atoms with Crippen molar-refractivity contribution in [3.05, 3.63) is 46.5 Å². The summed E-state index contributed by atoms with van der Waals surface area (Å²) in [6, 6.07) is 6.79. The number of likely N-dealkylation sites (tertiary alicyclic amines) is 1. The molecule has 2 aromatic heterocycles. The van der Waals surface area contributed by atoms with Crippen LogP contribution in [0.4, 0.5) is 10.2 Å². The number of carboxylic acid groups (broad SMARTS) is 1. The molecule has 2 aliphatic heterocycles. The monoisotopic (exact) mass is 539 g/mol. The number of hydrogen-bond acceptors (Lipinski definition) is 7. The van der Waals surface area contributed by atoms with Gasteiger partial charge in [-0.25, -0.2) is 19.0 Å². The Kier molecular flexibility index (Phi) is 7.50. The van der Waals surface area contributed by atoms with E-state index in [-0.39, 0.29) is 12.1 Å². The van der Waals surface area contributed by atoms with Crippen molar-refractivity contribution >= 4 is 34.6 Å². The molecule has 11 heteroatoms.